The molecule has 1 fully saturated rings. The molecule has 9 heteroatoms. The van der Waals surface area contributed by atoms with Crippen LogP contribution in [0, 0.1) is 12.7 Å². The van der Waals surface area contributed by atoms with Crippen molar-refractivity contribution in [2.75, 3.05) is 18.9 Å². The molecule has 2 N–H and O–H groups in total. The number of aromatic nitrogens is 3. The molecule has 2 heterocycles. The number of imidazole rings is 1. The zero-order valence-electron chi connectivity index (χ0n) is 21.5. The average molecular weight is 513 g/mol. The lowest BCUT2D eigenvalue weighted by Gasteiger charge is -2.12. The third-order valence-corrected chi connectivity index (χ3v) is 6.25. The molecule has 0 radical (unpaired) electrons. The first-order valence-electron chi connectivity index (χ1n) is 12.5. The number of halogens is 1. The molecule has 0 saturated heterocycles. The highest BCUT2D eigenvalue weighted by Crippen LogP contribution is 2.30. The van der Waals surface area contributed by atoms with E-state index in [9.17, 15) is 9.18 Å². The molecular formula is C29H29FN6O2. The van der Waals surface area contributed by atoms with Crippen molar-refractivity contribution in [3.63, 3.8) is 0 Å². The second kappa shape index (κ2) is 10.8. The summed E-state index contributed by atoms with van der Waals surface area (Å²) in [6, 6.07) is 13.6. The summed E-state index contributed by atoms with van der Waals surface area (Å²) in [7, 11) is 1.74. The molecule has 1 aliphatic rings. The molecule has 2 aromatic carbocycles. The molecule has 8 nitrogen and oxygen atoms in total. The molecule has 4 aromatic rings. The lowest BCUT2D eigenvalue weighted by Crippen LogP contribution is -2.26. The van der Waals surface area contributed by atoms with Gasteiger partial charge in [0.15, 0.2) is 5.65 Å². The number of nitrogens with one attached hydrogen (secondary N) is 2. The van der Waals surface area contributed by atoms with Gasteiger partial charge in [-0.15, -0.1) is 5.10 Å². The van der Waals surface area contributed by atoms with Crippen molar-refractivity contribution >= 4 is 23.0 Å². The summed E-state index contributed by atoms with van der Waals surface area (Å²) < 4.78 is 21.4. The van der Waals surface area contributed by atoms with E-state index >= 15 is 0 Å². The van der Waals surface area contributed by atoms with Crippen LogP contribution in [0.1, 0.15) is 35.7 Å². The number of hydrogen-bond donors (Lipinski definition) is 2. The zero-order chi connectivity index (χ0) is 26.6. The van der Waals surface area contributed by atoms with Crippen LogP contribution in [0.2, 0.25) is 0 Å². The average Bonchev–Trinajstić information content (AvgIpc) is 3.61. The van der Waals surface area contributed by atoms with Crippen molar-refractivity contribution in [3.05, 3.63) is 83.8 Å². The summed E-state index contributed by atoms with van der Waals surface area (Å²) in [6.45, 7) is 4.32. The molecule has 194 valence electrons. The van der Waals surface area contributed by atoms with Crippen LogP contribution < -0.4 is 15.4 Å². The standard InChI is InChI=1S/C29H29FN6O2/c1-4-6-22(31-3)16-32-25-15-27(38-23-8-5-7-20(30)14-23)35-36-26(17-33-28(25)36)19-9-12-24(18(2)13-19)29(37)34-21-10-11-21/h4-9,12-15,17,21,32H,10-11,16H2,1-3H3,(H,34,37)/b6-4-,31-22?. The Labute approximate surface area is 220 Å². The van der Waals surface area contributed by atoms with Crippen LogP contribution >= 0.6 is 0 Å². The molecule has 0 unspecified atom stereocenters. The van der Waals surface area contributed by atoms with E-state index in [4.69, 9.17) is 4.74 Å². The van der Waals surface area contributed by atoms with Gasteiger partial charge in [-0.3, -0.25) is 9.79 Å². The van der Waals surface area contributed by atoms with E-state index in [2.05, 4.69) is 25.7 Å². The minimum absolute atomic E-state index is 0.0559. The molecule has 1 saturated carbocycles. The maximum Gasteiger partial charge on any atom is 0.251 e. The summed E-state index contributed by atoms with van der Waals surface area (Å²) >= 11 is 0. The van der Waals surface area contributed by atoms with Crippen molar-refractivity contribution in [1.82, 2.24) is 19.9 Å². The zero-order valence-corrected chi connectivity index (χ0v) is 21.5. The molecule has 1 amide bonds. The summed E-state index contributed by atoms with van der Waals surface area (Å²) in [6.07, 6.45) is 7.66. The number of carbonyl (C=O) groups is 1. The van der Waals surface area contributed by atoms with Crippen LogP contribution in [0.5, 0.6) is 11.6 Å². The highest BCUT2D eigenvalue weighted by atomic mass is 19.1. The van der Waals surface area contributed by atoms with Gasteiger partial charge in [-0.2, -0.15) is 0 Å². The van der Waals surface area contributed by atoms with Crippen LogP contribution in [-0.4, -0.2) is 45.9 Å². The number of ether oxygens (including phenoxy) is 1. The van der Waals surface area contributed by atoms with Gasteiger partial charge in [0.1, 0.15) is 11.6 Å². The molecule has 2 aromatic heterocycles. The minimum Gasteiger partial charge on any atom is -0.437 e. The van der Waals surface area contributed by atoms with Crippen LogP contribution in [0.25, 0.3) is 16.9 Å². The van der Waals surface area contributed by atoms with Gasteiger partial charge in [0.25, 0.3) is 5.91 Å². The molecule has 0 aliphatic heterocycles. The number of aliphatic imine (C=N–C) groups is 1. The number of nitrogens with zero attached hydrogens (tertiary/aromatic N) is 4. The summed E-state index contributed by atoms with van der Waals surface area (Å²) in [5, 5.41) is 11.1. The summed E-state index contributed by atoms with van der Waals surface area (Å²) in [5.74, 6) is 0.139. The maximum absolute atomic E-state index is 13.8. The van der Waals surface area contributed by atoms with Crippen molar-refractivity contribution in [2.24, 2.45) is 4.99 Å². The highest BCUT2D eigenvalue weighted by molar-refractivity contribution is 5.98. The fraction of sp³-hybridized carbons (Fsp3) is 0.241. The summed E-state index contributed by atoms with van der Waals surface area (Å²) in [4.78, 5) is 21.5. The maximum atomic E-state index is 13.8. The Balaban J connectivity index is 1.53. The van der Waals surface area contributed by atoms with Gasteiger partial charge in [0, 0.05) is 36.3 Å². The smallest absolute Gasteiger partial charge is 0.251 e. The van der Waals surface area contributed by atoms with Gasteiger partial charge in [-0.1, -0.05) is 18.2 Å². The Morgan fingerprint density at radius 2 is 2.08 bits per heavy atom. The first kappa shape index (κ1) is 25.1. The molecular weight excluding hydrogens is 483 g/mol. The fourth-order valence-corrected chi connectivity index (χ4v) is 4.13. The number of amides is 1. The number of hydrogen-bond acceptors (Lipinski definition) is 6. The highest BCUT2D eigenvalue weighted by Gasteiger charge is 2.24. The monoisotopic (exact) mass is 512 g/mol. The van der Waals surface area contributed by atoms with Crippen LogP contribution in [0.4, 0.5) is 10.1 Å². The number of fused-ring (bicyclic) bond motifs is 1. The second-order valence-electron chi connectivity index (χ2n) is 9.18. The van der Waals surface area contributed by atoms with E-state index in [0.29, 0.717) is 29.2 Å². The van der Waals surface area contributed by atoms with E-state index < -0.39 is 5.82 Å². The summed E-state index contributed by atoms with van der Waals surface area (Å²) in [5.41, 5.74) is 5.21. The van der Waals surface area contributed by atoms with Gasteiger partial charge in [0.2, 0.25) is 5.88 Å². The molecule has 0 atom stereocenters. The molecule has 0 bridgehead atoms. The molecule has 1 aliphatic carbocycles. The third kappa shape index (κ3) is 5.56. The molecule has 38 heavy (non-hydrogen) atoms. The van der Waals surface area contributed by atoms with Gasteiger partial charge in [0.05, 0.1) is 29.8 Å². The van der Waals surface area contributed by atoms with Crippen molar-refractivity contribution in [1.29, 1.82) is 0 Å². The Morgan fingerprint density at radius 1 is 1.24 bits per heavy atom. The topological polar surface area (TPSA) is 92.9 Å². The van der Waals surface area contributed by atoms with Gasteiger partial charge in [-0.05, 0) is 62.6 Å². The number of carbonyl (C=O) groups excluding carboxylic acids is 1. The predicted octanol–water partition coefficient (Wildman–Crippen LogP) is 5.59. The van der Waals surface area contributed by atoms with Gasteiger partial charge >= 0.3 is 0 Å². The Kier molecular flexibility index (Phi) is 7.17. The predicted molar refractivity (Wildman–Crippen MR) is 147 cm³/mol. The number of rotatable bonds is 9. The normalized spacial score (nSPS) is 13.7. The van der Waals surface area contributed by atoms with Crippen molar-refractivity contribution < 1.29 is 13.9 Å². The second-order valence-corrected chi connectivity index (χ2v) is 9.18. The van der Waals surface area contributed by atoms with Crippen molar-refractivity contribution in [2.45, 2.75) is 32.7 Å². The van der Waals surface area contributed by atoms with Crippen LogP contribution in [0.3, 0.4) is 0 Å². The quantitative estimate of drug-likeness (QED) is 0.285. The number of anilines is 1. The lowest BCUT2D eigenvalue weighted by molar-refractivity contribution is 0.0950. The lowest BCUT2D eigenvalue weighted by atomic mass is 10.0. The van der Waals surface area contributed by atoms with E-state index in [1.165, 1.54) is 12.1 Å². The Morgan fingerprint density at radius 3 is 2.79 bits per heavy atom. The Hall–Kier alpha value is -4.53. The van der Waals surface area contributed by atoms with Gasteiger partial charge in [-0.25, -0.2) is 13.9 Å². The molecule has 0 spiro atoms. The van der Waals surface area contributed by atoms with E-state index in [0.717, 1.165) is 35.4 Å². The fourth-order valence-electron chi connectivity index (χ4n) is 4.13. The van der Waals surface area contributed by atoms with Crippen LogP contribution in [-0.2, 0) is 0 Å². The minimum atomic E-state index is -0.401. The van der Waals surface area contributed by atoms with Gasteiger partial charge < -0.3 is 15.4 Å². The number of allylic oxidation sites excluding steroid dienone is 1. The Bertz CT molecular complexity index is 1550. The van der Waals surface area contributed by atoms with E-state index in [-0.39, 0.29) is 17.8 Å². The first-order valence-corrected chi connectivity index (χ1v) is 12.5. The van der Waals surface area contributed by atoms with Crippen LogP contribution in [0.15, 0.2) is 71.9 Å². The number of aryl methyl sites for hydroxylation is 1. The van der Waals surface area contributed by atoms with E-state index in [1.54, 1.807) is 36.0 Å². The first-order chi connectivity index (χ1) is 18.4. The largest absolute Gasteiger partial charge is 0.437 e. The van der Waals surface area contributed by atoms with E-state index in [1.807, 2.05) is 44.2 Å². The third-order valence-electron chi connectivity index (χ3n) is 6.25. The number of benzene rings is 2. The molecule has 5 rings (SSSR count). The SMILES string of the molecule is C/C=C\C(CNc1cc(Oc2cccc(F)c2)nn2c(-c3ccc(C(=O)NC4CC4)c(C)c3)cnc12)=NC. The van der Waals surface area contributed by atoms with Crippen molar-refractivity contribution in [3.8, 4) is 22.9 Å².